The fourth-order valence-electron chi connectivity index (χ4n) is 2.81. The molecule has 0 saturated carbocycles. The summed E-state index contributed by atoms with van der Waals surface area (Å²) in [5.41, 5.74) is 1.71. The van der Waals surface area contributed by atoms with Crippen LogP contribution in [0.3, 0.4) is 0 Å². The van der Waals surface area contributed by atoms with E-state index in [4.69, 9.17) is 14.2 Å². The van der Waals surface area contributed by atoms with E-state index < -0.39 is 0 Å². The fraction of sp³-hybridized carbons (Fsp3) is 0.556. The van der Waals surface area contributed by atoms with Gasteiger partial charge in [-0.1, -0.05) is 18.2 Å². The van der Waals surface area contributed by atoms with Crippen LogP contribution < -0.4 is 9.47 Å². The zero-order chi connectivity index (χ0) is 16.9. The maximum Gasteiger partial charge on any atom is 0.171 e. The summed E-state index contributed by atoms with van der Waals surface area (Å²) in [6.45, 7) is 5.71. The average Bonchev–Trinajstić information content (AvgIpc) is 3.12. The van der Waals surface area contributed by atoms with Crippen molar-refractivity contribution in [2.45, 2.75) is 45.3 Å². The summed E-state index contributed by atoms with van der Waals surface area (Å²) >= 11 is 0. The van der Waals surface area contributed by atoms with Crippen LogP contribution >= 0.6 is 0 Å². The smallest absolute Gasteiger partial charge is 0.171 e. The highest BCUT2D eigenvalue weighted by molar-refractivity contribution is 5.70. The molecule has 0 aliphatic carbocycles. The van der Waals surface area contributed by atoms with Crippen molar-refractivity contribution in [3.05, 3.63) is 24.4 Å². The first-order valence-electron chi connectivity index (χ1n) is 8.56. The van der Waals surface area contributed by atoms with Crippen LogP contribution in [-0.2, 0) is 4.74 Å². The average molecular weight is 331 g/mol. The van der Waals surface area contributed by atoms with Crippen LogP contribution in [0.15, 0.2) is 24.4 Å². The van der Waals surface area contributed by atoms with Crippen LogP contribution in [0.5, 0.6) is 11.5 Å². The molecule has 1 atom stereocenters. The van der Waals surface area contributed by atoms with Gasteiger partial charge in [-0.05, 0) is 38.3 Å². The Labute approximate surface area is 142 Å². The number of hydrogen-bond acceptors (Lipinski definition) is 5. The molecule has 1 aromatic heterocycles. The molecule has 0 radical (unpaired) electrons. The van der Waals surface area contributed by atoms with Gasteiger partial charge in [0.1, 0.15) is 5.69 Å². The second-order valence-corrected chi connectivity index (χ2v) is 6.10. The van der Waals surface area contributed by atoms with E-state index in [1.807, 2.05) is 29.1 Å². The van der Waals surface area contributed by atoms with Crippen molar-refractivity contribution in [3.63, 3.8) is 0 Å². The number of methoxy groups -OCH3 is 1. The Kier molecular flexibility index (Phi) is 5.35. The van der Waals surface area contributed by atoms with Gasteiger partial charge < -0.3 is 14.2 Å². The van der Waals surface area contributed by atoms with Gasteiger partial charge in [-0.3, -0.25) is 0 Å². The number of rotatable bonds is 6. The van der Waals surface area contributed by atoms with Gasteiger partial charge >= 0.3 is 0 Å². The first-order chi connectivity index (χ1) is 11.7. The zero-order valence-corrected chi connectivity index (χ0v) is 14.6. The molecule has 1 saturated heterocycles. The molecule has 1 fully saturated rings. The van der Waals surface area contributed by atoms with Crippen molar-refractivity contribution >= 4 is 0 Å². The molecule has 6 heteroatoms. The van der Waals surface area contributed by atoms with E-state index in [-0.39, 0.29) is 6.10 Å². The van der Waals surface area contributed by atoms with E-state index in [9.17, 15) is 0 Å². The molecule has 0 amide bonds. The minimum absolute atomic E-state index is 0.102. The van der Waals surface area contributed by atoms with E-state index in [2.05, 4.69) is 24.2 Å². The number of nitrogens with zero attached hydrogens (tertiary/aromatic N) is 3. The third-order valence-corrected chi connectivity index (χ3v) is 4.44. The Morgan fingerprint density at radius 2 is 2.12 bits per heavy atom. The van der Waals surface area contributed by atoms with Crippen molar-refractivity contribution in [1.82, 2.24) is 15.0 Å². The van der Waals surface area contributed by atoms with Gasteiger partial charge in [-0.15, -0.1) is 5.10 Å². The summed E-state index contributed by atoms with van der Waals surface area (Å²) in [6, 6.07) is 6.21. The van der Waals surface area contributed by atoms with Crippen molar-refractivity contribution in [2.24, 2.45) is 0 Å². The Hall–Kier alpha value is -2.08. The lowest BCUT2D eigenvalue weighted by Gasteiger charge is -2.21. The van der Waals surface area contributed by atoms with Gasteiger partial charge in [-0.25, -0.2) is 4.68 Å². The molecule has 0 bridgehead atoms. The van der Waals surface area contributed by atoms with Crippen molar-refractivity contribution in [1.29, 1.82) is 0 Å². The van der Waals surface area contributed by atoms with Gasteiger partial charge in [-0.2, -0.15) is 0 Å². The first-order valence-corrected chi connectivity index (χ1v) is 8.56. The number of benzene rings is 1. The molecule has 3 rings (SSSR count). The van der Waals surface area contributed by atoms with Crippen LogP contribution in [0.1, 0.15) is 39.2 Å². The van der Waals surface area contributed by atoms with E-state index in [0.29, 0.717) is 11.8 Å². The largest absolute Gasteiger partial charge is 0.493 e. The Morgan fingerprint density at radius 1 is 1.33 bits per heavy atom. The van der Waals surface area contributed by atoms with Crippen molar-refractivity contribution in [2.75, 3.05) is 20.3 Å². The van der Waals surface area contributed by atoms with Gasteiger partial charge in [0.25, 0.3) is 0 Å². The molecule has 0 unspecified atom stereocenters. The van der Waals surface area contributed by atoms with Crippen molar-refractivity contribution < 1.29 is 14.2 Å². The second kappa shape index (κ2) is 7.66. The lowest BCUT2D eigenvalue weighted by atomic mass is 10.1. The molecule has 0 spiro atoms. The Bertz CT molecular complexity index is 665. The molecule has 2 heterocycles. The summed E-state index contributed by atoms with van der Waals surface area (Å²) < 4.78 is 19.0. The number of aromatic nitrogens is 3. The van der Waals surface area contributed by atoms with Crippen LogP contribution in [0.4, 0.5) is 0 Å². The van der Waals surface area contributed by atoms with E-state index in [1.165, 1.54) is 0 Å². The number of ether oxygens (including phenoxy) is 3. The summed E-state index contributed by atoms with van der Waals surface area (Å²) in [6.07, 6.45) is 4.96. The fourth-order valence-corrected chi connectivity index (χ4v) is 2.81. The molecular formula is C18H25N3O3. The lowest BCUT2D eigenvalue weighted by molar-refractivity contribution is 0.0657. The molecule has 1 aliphatic rings. The molecule has 130 valence electrons. The molecule has 0 N–H and O–H groups in total. The van der Waals surface area contributed by atoms with Crippen LogP contribution in [-0.4, -0.2) is 41.4 Å². The van der Waals surface area contributed by atoms with Gasteiger partial charge in [0, 0.05) is 18.8 Å². The predicted molar refractivity (Wildman–Crippen MR) is 91.5 cm³/mol. The predicted octanol–water partition coefficient (Wildman–Crippen LogP) is 3.48. The van der Waals surface area contributed by atoms with Gasteiger partial charge in [0.2, 0.25) is 0 Å². The molecule has 6 nitrogen and oxygen atoms in total. The topological polar surface area (TPSA) is 58.4 Å². The molecule has 1 aromatic carbocycles. The summed E-state index contributed by atoms with van der Waals surface area (Å²) in [7, 11) is 1.65. The quantitative estimate of drug-likeness (QED) is 0.811. The van der Waals surface area contributed by atoms with Gasteiger partial charge in [0.05, 0.1) is 25.5 Å². The van der Waals surface area contributed by atoms with Gasteiger partial charge in [0.15, 0.2) is 11.5 Å². The third kappa shape index (κ3) is 3.53. The van der Waals surface area contributed by atoms with Crippen LogP contribution in [0.2, 0.25) is 0 Å². The standard InChI is InChI=1S/C18H25N3O3/c1-4-13(2)24-18-15(6-5-7-17(18)22-3)16-12-21(20-19-16)14-8-10-23-11-9-14/h5-7,12-14H,4,8-11H2,1-3H3/t13-/m0/s1. The highest BCUT2D eigenvalue weighted by atomic mass is 16.5. The normalized spacial score (nSPS) is 16.8. The van der Waals surface area contributed by atoms with Crippen LogP contribution in [0, 0.1) is 0 Å². The summed E-state index contributed by atoms with van der Waals surface area (Å²) in [4.78, 5) is 0. The maximum absolute atomic E-state index is 6.10. The van der Waals surface area contributed by atoms with Crippen LogP contribution in [0.25, 0.3) is 11.3 Å². The summed E-state index contributed by atoms with van der Waals surface area (Å²) in [5.74, 6) is 1.45. The molecular weight excluding hydrogens is 306 g/mol. The molecule has 2 aromatic rings. The summed E-state index contributed by atoms with van der Waals surface area (Å²) in [5, 5.41) is 8.69. The monoisotopic (exact) mass is 331 g/mol. The number of hydrogen-bond donors (Lipinski definition) is 0. The Morgan fingerprint density at radius 3 is 2.83 bits per heavy atom. The highest BCUT2D eigenvalue weighted by Crippen LogP contribution is 2.38. The highest BCUT2D eigenvalue weighted by Gasteiger charge is 2.20. The zero-order valence-electron chi connectivity index (χ0n) is 14.6. The van der Waals surface area contributed by atoms with E-state index in [1.54, 1.807) is 7.11 Å². The minimum Gasteiger partial charge on any atom is -0.493 e. The minimum atomic E-state index is 0.102. The van der Waals surface area contributed by atoms with E-state index in [0.717, 1.165) is 49.5 Å². The van der Waals surface area contributed by atoms with Crippen molar-refractivity contribution in [3.8, 4) is 22.8 Å². The van der Waals surface area contributed by atoms with E-state index >= 15 is 0 Å². The first kappa shape index (κ1) is 16.8. The Balaban J connectivity index is 1.92. The molecule has 1 aliphatic heterocycles. The lowest BCUT2D eigenvalue weighted by Crippen LogP contribution is -2.19. The maximum atomic E-state index is 6.10. The second-order valence-electron chi connectivity index (χ2n) is 6.10. The SMILES string of the molecule is CC[C@H](C)Oc1c(OC)cccc1-c1cn(C2CCOCC2)nn1. The third-order valence-electron chi connectivity index (χ3n) is 4.44. The molecule has 24 heavy (non-hydrogen) atoms. The number of para-hydroxylation sites is 1.